The maximum Gasteiger partial charge on any atom is 0.331 e. The lowest BCUT2D eigenvalue weighted by Crippen LogP contribution is -2.27. The molecule has 1 amide bonds. The van der Waals surface area contributed by atoms with Gasteiger partial charge in [-0.2, -0.15) is 0 Å². The first-order valence-corrected chi connectivity index (χ1v) is 12.6. The largest absolute Gasteiger partial charge is 0.478 e. The van der Waals surface area contributed by atoms with E-state index in [9.17, 15) is 14.4 Å². The quantitative estimate of drug-likeness (QED) is 0.0910. The Hall–Kier alpha value is -2.15. The van der Waals surface area contributed by atoms with Crippen molar-refractivity contribution in [3.8, 4) is 0 Å². The fourth-order valence-electron chi connectivity index (χ4n) is 3.20. The molecule has 0 aliphatic rings. The summed E-state index contributed by atoms with van der Waals surface area (Å²) < 4.78 is 10.0. The van der Waals surface area contributed by atoms with Gasteiger partial charge >= 0.3 is 11.9 Å². The summed E-state index contributed by atoms with van der Waals surface area (Å²) in [5.41, 5.74) is 0. The van der Waals surface area contributed by atoms with E-state index in [1.165, 1.54) is 64.2 Å². The van der Waals surface area contributed by atoms with Crippen LogP contribution < -0.4 is 5.32 Å². The lowest BCUT2D eigenvalue weighted by molar-refractivity contribution is -0.140. The molecule has 7 heteroatoms. The van der Waals surface area contributed by atoms with Crippen molar-refractivity contribution in [2.75, 3.05) is 26.4 Å². The van der Waals surface area contributed by atoms with Crippen LogP contribution in [-0.2, 0) is 23.9 Å². The average Bonchev–Trinajstić information content (AvgIpc) is 2.79. The predicted octanol–water partition coefficient (Wildman–Crippen LogP) is 5.34. The van der Waals surface area contributed by atoms with E-state index in [1.54, 1.807) is 0 Å². The number of aliphatic carboxylic acids is 1. The number of carbonyl (C=O) groups excluding carboxylic acids is 2. The van der Waals surface area contributed by atoms with Crippen molar-refractivity contribution < 1.29 is 29.0 Å². The van der Waals surface area contributed by atoms with E-state index in [0.717, 1.165) is 31.4 Å². The molecule has 190 valence electrons. The molecule has 0 aliphatic heterocycles. The van der Waals surface area contributed by atoms with Crippen molar-refractivity contribution in [3.63, 3.8) is 0 Å². The number of nitrogens with one attached hydrogen (secondary N) is 1. The summed E-state index contributed by atoms with van der Waals surface area (Å²) in [7, 11) is 0. The molecule has 0 bridgehead atoms. The van der Waals surface area contributed by atoms with Crippen LogP contribution in [0.4, 0.5) is 0 Å². The minimum absolute atomic E-state index is 0.0291. The fraction of sp³-hybridized carbons (Fsp3) is 0.731. The van der Waals surface area contributed by atoms with E-state index < -0.39 is 11.9 Å². The molecule has 2 N–H and O–H groups in total. The van der Waals surface area contributed by atoms with Crippen LogP contribution in [0, 0.1) is 0 Å². The maximum absolute atomic E-state index is 11.8. The topological polar surface area (TPSA) is 102 Å². The predicted molar refractivity (Wildman–Crippen MR) is 131 cm³/mol. The van der Waals surface area contributed by atoms with Crippen LogP contribution in [0.15, 0.2) is 24.3 Å². The van der Waals surface area contributed by atoms with Gasteiger partial charge in [0.15, 0.2) is 0 Å². The Morgan fingerprint density at radius 3 is 2.00 bits per heavy atom. The molecule has 0 spiro atoms. The number of hydrogen-bond acceptors (Lipinski definition) is 5. The third-order valence-electron chi connectivity index (χ3n) is 5.07. The van der Waals surface area contributed by atoms with Crippen molar-refractivity contribution in [2.24, 2.45) is 0 Å². The van der Waals surface area contributed by atoms with Gasteiger partial charge in [0.1, 0.15) is 6.61 Å². The highest BCUT2D eigenvalue weighted by Crippen LogP contribution is 2.09. The highest BCUT2D eigenvalue weighted by Gasteiger charge is 2.01. The molecule has 0 saturated carbocycles. The Morgan fingerprint density at radius 1 is 0.758 bits per heavy atom. The van der Waals surface area contributed by atoms with Gasteiger partial charge in [-0.15, -0.1) is 0 Å². The second-order valence-electron chi connectivity index (χ2n) is 8.14. The number of hydrogen-bond donors (Lipinski definition) is 2. The first-order valence-electron chi connectivity index (χ1n) is 12.6. The van der Waals surface area contributed by atoms with Gasteiger partial charge in [0, 0.05) is 25.1 Å². The zero-order chi connectivity index (χ0) is 24.4. The number of carboxylic acid groups (broad SMARTS) is 1. The average molecular weight is 468 g/mol. The SMILES string of the molecule is CCCCCCCC/C=C/CCCCCCCC(=O)NCCOCCOC(=O)/C=C/C(=O)O. The van der Waals surface area contributed by atoms with Crippen molar-refractivity contribution >= 4 is 17.8 Å². The number of ether oxygens (including phenoxy) is 2. The van der Waals surface area contributed by atoms with Gasteiger partial charge < -0.3 is 19.9 Å². The number of carbonyl (C=O) groups is 3. The van der Waals surface area contributed by atoms with Gasteiger partial charge in [-0.05, 0) is 32.1 Å². The Balaban J connectivity index is 3.33. The highest BCUT2D eigenvalue weighted by molar-refractivity contribution is 5.90. The molecule has 0 aromatic rings. The van der Waals surface area contributed by atoms with Crippen LogP contribution >= 0.6 is 0 Å². The van der Waals surface area contributed by atoms with E-state index in [2.05, 4.69) is 24.4 Å². The summed E-state index contributed by atoms with van der Waals surface area (Å²) in [6.45, 7) is 3.22. The third-order valence-corrected chi connectivity index (χ3v) is 5.07. The van der Waals surface area contributed by atoms with Crippen LogP contribution in [0.3, 0.4) is 0 Å². The first-order chi connectivity index (χ1) is 16.1. The van der Waals surface area contributed by atoms with Gasteiger partial charge in [0.25, 0.3) is 0 Å². The molecule has 0 unspecified atom stereocenters. The zero-order valence-corrected chi connectivity index (χ0v) is 20.5. The standard InChI is InChI=1S/C26H45NO6/c1-2-3-4-5-6-7-8-9-10-11-12-13-14-15-16-17-24(28)27-20-21-32-22-23-33-26(31)19-18-25(29)30/h9-10,18-19H,2-8,11-17,20-23H2,1H3,(H,27,28)(H,29,30)/b10-9+,19-18+. The van der Waals surface area contributed by atoms with Gasteiger partial charge in [0.05, 0.1) is 13.2 Å². The van der Waals surface area contributed by atoms with E-state index in [4.69, 9.17) is 14.6 Å². The molecule has 0 aromatic carbocycles. The fourth-order valence-corrected chi connectivity index (χ4v) is 3.20. The molecule has 0 atom stereocenters. The number of amides is 1. The maximum atomic E-state index is 11.8. The number of esters is 1. The molecule has 0 aromatic heterocycles. The van der Waals surface area contributed by atoms with Crippen molar-refractivity contribution in [1.82, 2.24) is 5.32 Å². The zero-order valence-electron chi connectivity index (χ0n) is 20.5. The molecule has 0 fully saturated rings. The van der Waals surface area contributed by atoms with Crippen molar-refractivity contribution in [3.05, 3.63) is 24.3 Å². The summed E-state index contributed by atoms with van der Waals surface area (Å²) in [6.07, 6.45) is 22.8. The number of carboxylic acids is 1. The Kier molecular flexibility index (Phi) is 22.9. The summed E-state index contributed by atoms with van der Waals surface area (Å²) >= 11 is 0. The van der Waals surface area contributed by atoms with E-state index in [0.29, 0.717) is 19.6 Å². The molecular formula is C26H45NO6. The molecule has 33 heavy (non-hydrogen) atoms. The monoisotopic (exact) mass is 467 g/mol. The number of unbranched alkanes of at least 4 members (excludes halogenated alkanes) is 11. The van der Waals surface area contributed by atoms with Gasteiger partial charge in [-0.3, -0.25) is 4.79 Å². The van der Waals surface area contributed by atoms with E-state index in [-0.39, 0.29) is 19.1 Å². The summed E-state index contributed by atoms with van der Waals surface area (Å²) in [6, 6.07) is 0. The third kappa shape index (κ3) is 26.0. The minimum atomic E-state index is -1.21. The number of rotatable bonds is 23. The van der Waals surface area contributed by atoms with Crippen LogP contribution in [-0.4, -0.2) is 49.3 Å². The summed E-state index contributed by atoms with van der Waals surface area (Å²) in [5.74, 6) is -1.91. The lowest BCUT2D eigenvalue weighted by atomic mass is 10.1. The van der Waals surface area contributed by atoms with Crippen molar-refractivity contribution in [1.29, 1.82) is 0 Å². The Labute approximate surface area is 200 Å². The minimum Gasteiger partial charge on any atom is -0.478 e. The van der Waals surface area contributed by atoms with Crippen LogP contribution in [0.5, 0.6) is 0 Å². The number of allylic oxidation sites excluding steroid dienone is 2. The summed E-state index contributed by atoms with van der Waals surface area (Å²) in [4.78, 5) is 33.2. The highest BCUT2D eigenvalue weighted by atomic mass is 16.6. The van der Waals surface area contributed by atoms with E-state index in [1.807, 2.05) is 0 Å². The van der Waals surface area contributed by atoms with Crippen LogP contribution in [0.25, 0.3) is 0 Å². The second-order valence-corrected chi connectivity index (χ2v) is 8.14. The molecule has 7 nitrogen and oxygen atoms in total. The first kappa shape index (κ1) is 30.9. The second kappa shape index (κ2) is 24.5. The normalized spacial score (nSPS) is 11.3. The van der Waals surface area contributed by atoms with Gasteiger partial charge in [-0.1, -0.05) is 70.4 Å². The Morgan fingerprint density at radius 2 is 1.36 bits per heavy atom. The molecule has 0 heterocycles. The molecule has 0 aliphatic carbocycles. The van der Waals surface area contributed by atoms with Gasteiger partial charge in [0.2, 0.25) is 5.91 Å². The molecular weight excluding hydrogens is 422 g/mol. The molecule has 0 saturated heterocycles. The molecule has 0 rings (SSSR count). The molecule has 0 radical (unpaired) electrons. The van der Waals surface area contributed by atoms with Gasteiger partial charge in [-0.25, -0.2) is 9.59 Å². The summed E-state index contributed by atoms with van der Waals surface area (Å²) in [5, 5.41) is 11.2. The Bertz CT molecular complexity index is 559. The lowest BCUT2D eigenvalue weighted by Gasteiger charge is -2.07. The van der Waals surface area contributed by atoms with Crippen LogP contribution in [0.2, 0.25) is 0 Å². The van der Waals surface area contributed by atoms with Crippen LogP contribution in [0.1, 0.15) is 96.8 Å². The van der Waals surface area contributed by atoms with Crippen molar-refractivity contribution in [2.45, 2.75) is 96.8 Å². The van der Waals surface area contributed by atoms with E-state index >= 15 is 0 Å². The smallest absolute Gasteiger partial charge is 0.331 e.